The van der Waals surface area contributed by atoms with E-state index in [1.54, 1.807) is 6.92 Å². The van der Waals surface area contributed by atoms with Crippen LogP contribution in [0.3, 0.4) is 0 Å². The Morgan fingerprint density at radius 2 is 2.17 bits per heavy atom. The van der Waals surface area contributed by atoms with Crippen molar-refractivity contribution in [2.75, 3.05) is 0 Å². The zero-order valence-electron chi connectivity index (χ0n) is 7.74. The Hall–Kier alpha value is -1.05. The maximum absolute atomic E-state index is 11.4. The topological polar surface area (TPSA) is 29.1 Å². The van der Waals surface area contributed by atoms with Crippen LogP contribution < -0.4 is 5.32 Å². The van der Waals surface area contributed by atoms with Gasteiger partial charge < -0.3 is 5.32 Å². The summed E-state index contributed by atoms with van der Waals surface area (Å²) in [4.78, 5) is 11.4. The van der Waals surface area contributed by atoms with Crippen molar-refractivity contribution in [2.24, 2.45) is 0 Å². The second-order valence-electron chi connectivity index (χ2n) is 3.35. The van der Waals surface area contributed by atoms with E-state index in [1.165, 1.54) is 5.57 Å². The summed E-state index contributed by atoms with van der Waals surface area (Å²) in [5.41, 5.74) is 2.90. The maximum Gasteiger partial charge on any atom is 0.251 e. The Morgan fingerprint density at radius 3 is 2.58 bits per heavy atom. The highest BCUT2D eigenvalue weighted by Crippen LogP contribution is 2.25. The highest BCUT2D eigenvalue weighted by molar-refractivity contribution is 5.95. The molecule has 66 valence electrons. The van der Waals surface area contributed by atoms with Crippen molar-refractivity contribution in [1.29, 1.82) is 0 Å². The molecule has 0 atom stereocenters. The summed E-state index contributed by atoms with van der Waals surface area (Å²) >= 11 is 0. The van der Waals surface area contributed by atoms with Crippen molar-refractivity contribution in [3.63, 3.8) is 0 Å². The van der Waals surface area contributed by atoms with Gasteiger partial charge in [-0.1, -0.05) is 12.2 Å². The third-order valence-corrected chi connectivity index (χ3v) is 2.09. The van der Waals surface area contributed by atoms with E-state index >= 15 is 0 Å². The SMILES string of the molecule is C=C(C)NC(=O)C1=C(C)CCC1. The van der Waals surface area contributed by atoms with Crippen LogP contribution in [0.5, 0.6) is 0 Å². The molecule has 0 aromatic carbocycles. The van der Waals surface area contributed by atoms with Crippen molar-refractivity contribution < 1.29 is 4.79 Å². The van der Waals surface area contributed by atoms with Crippen molar-refractivity contribution in [3.8, 4) is 0 Å². The highest BCUT2D eigenvalue weighted by atomic mass is 16.1. The molecule has 0 radical (unpaired) electrons. The van der Waals surface area contributed by atoms with Gasteiger partial charge in [0.1, 0.15) is 0 Å². The fourth-order valence-corrected chi connectivity index (χ4v) is 1.47. The van der Waals surface area contributed by atoms with Gasteiger partial charge in [0.2, 0.25) is 0 Å². The number of amides is 1. The average molecular weight is 165 g/mol. The van der Waals surface area contributed by atoms with E-state index in [0.717, 1.165) is 24.8 Å². The lowest BCUT2D eigenvalue weighted by molar-refractivity contribution is -0.116. The molecule has 1 amide bonds. The predicted octanol–water partition coefficient (Wildman–Crippen LogP) is 2.14. The van der Waals surface area contributed by atoms with E-state index in [1.807, 2.05) is 6.92 Å². The van der Waals surface area contributed by atoms with Gasteiger partial charge in [0.15, 0.2) is 0 Å². The molecule has 1 rings (SSSR count). The molecule has 0 aromatic rings. The minimum atomic E-state index is 0.0394. The smallest absolute Gasteiger partial charge is 0.251 e. The molecule has 0 spiro atoms. The van der Waals surface area contributed by atoms with Gasteiger partial charge in [0, 0.05) is 11.3 Å². The van der Waals surface area contributed by atoms with Crippen LogP contribution in [0.1, 0.15) is 33.1 Å². The molecular weight excluding hydrogens is 150 g/mol. The monoisotopic (exact) mass is 165 g/mol. The molecule has 0 saturated carbocycles. The van der Waals surface area contributed by atoms with Gasteiger partial charge in [-0.3, -0.25) is 4.79 Å². The van der Waals surface area contributed by atoms with E-state index < -0.39 is 0 Å². The van der Waals surface area contributed by atoms with Crippen LogP contribution in [0.4, 0.5) is 0 Å². The molecule has 0 saturated heterocycles. The summed E-state index contributed by atoms with van der Waals surface area (Å²) in [7, 11) is 0. The largest absolute Gasteiger partial charge is 0.327 e. The molecular formula is C10H15NO. The fraction of sp³-hybridized carbons (Fsp3) is 0.500. The quantitative estimate of drug-likeness (QED) is 0.667. The molecule has 0 aromatic heterocycles. The third-order valence-electron chi connectivity index (χ3n) is 2.09. The molecule has 0 unspecified atom stereocenters. The zero-order valence-corrected chi connectivity index (χ0v) is 7.74. The normalized spacial score (nSPS) is 16.5. The van der Waals surface area contributed by atoms with Gasteiger partial charge in [0.25, 0.3) is 5.91 Å². The number of nitrogens with one attached hydrogen (secondary N) is 1. The van der Waals surface area contributed by atoms with Gasteiger partial charge in [-0.05, 0) is 33.1 Å². The van der Waals surface area contributed by atoms with Crippen LogP contribution in [0, 0.1) is 0 Å². The van der Waals surface area contributed by atoms with Gasteiger partial charge in [-0.2, -0.15) is 0 Å². The summed E-state index contributed by atoms with van der Waals surface area (Å²) in [5, 5.41) is 2.72. The minimum absolute atomic E-state index is 0.0394. The number of hydrogen-bond donors (Lipinski definition) is 1. The van der Waals surface area contributed by atoms with Gasteiger partial charge in [-0.25, -0.2) is 0 Å². The Kier molecular flexibility index (Phi) is 2.69. The number of carbonyl (C=O) groups is 1. The van der Waals surface area contributed by atoms with Gasteiger partial charge in [-0.15, -0.1) is 0 Å². The minimum Gasteiger partial charge on any atom is -0.327 e. The highest BCUT2D eigenvalue weighted by Gasteiger charge is 2.17. The summed E-state index contributed by atoms with van der Waals surface area (Å²) in [6.45, 7) is 7.46. The first-order chi connectivity index (χ1) is 5.61. The summed E-state index contributed by atoms with van der Waals surface area (Å²) in [6.07, 6.45) is 3.11. The van der Waals surface area contributed by atoms with E-state index in [4.69, 9.17) is 0 Å². The van der Waals surface area contributed by atoms with E-state index in [2.05, 4.69) is 11.9 Å². The Bertz CT molecular complexity index is 251. The zero-order chi connectivity index (χ0) is 9.14. The van der Waals surface area contributed by atoms with Crippen LogP contribution >= 0.6 is 0 Å². The van der Waals surface area contributed by atoms with Crippen molar-refractivity contribution in [1.82, 2.24) is 5.32 Å². The summed E-state index contributed by atoms with van der Waals surface area (Å²) < 4.78 is 0. The molecule has 1 aliphatic rings. The standard InChI is InChI=1S/C10H15NO/c1-7(2)11-10(12)9-6-4-5-8(9)3/h1,4-6H2,2-3H3,(H,11,12). The Labute approximate surface area is 73.4 Å². The molecule has 1 N–H and O–H groups in total. The lowest BCUT2D eigenvalue weighted by atomic mass is 10.1. The second kappa shape index (κ2) is 3.57. The first-order valence-corrected chi connectivity index (χ1v) is 4.26. The van der Waals surface area contributed by atoms with Crippen LogP contribution in [0.15, 0.2) is 23.4 Å². The molecule has 0 aliphatic heterocycles. The predicted molar refractivity (Wildman–Crippen MR) is 49.5 cm³/mol. The van der Waals surface area contributed by atoms with Crippen LogP contribution in [-0.2, 0) is 4.79 Å². The van der Waals surface area contributed by atoms with E-state index in [9.17, 15) is 4.79 Å². The maximum atomic E-state index is 11.4. The van der Waals surface area contributed by atoms with E-state index in [-0.39, 0.29) is 5.91 Å². The van der Waals surface area contributed by atoms with E-state index in [0.29, 0.717) is 5.70 Å². The van der Waals surface area contributed by atoms with Crippen LogP contribution in [-0.4, -0.2) is 5.91 Å². The first-order valence-electron chi connectivity index (χ1n) is 4.26. The summed E-state index contributed by atoms with van der Waals surface area (Å²) in [6, 6.07) is 0. The number of rotatable bonds is 2. The number of allylic oxidation sites excluding steroid dienone is 2. The van der Waals surface area contributed by atoms with Crippen LogP contribution in [0.25, 0.3) is 0 Å². The molecule has 0 fully saturated rings. The number of hydrogen-bond acceptors (Lipinski definition) is 1. The molecule has 2 nitrogen and oxygen atoms in total. The fourth-order valence-electron chi connectivity index (χ4n) is 1.47. The number of carbonyl (C=O) groups excluding carboxylic acids is 1. The molecule has 0 bridgehead atoms. The molecule has 1 aliphatic carbocycles. The molecule has 2 heteroatoms. The molecule has 0 heterocycles. The van der Waals surface area contributed by atoms with Crippen molar-refractivity contribution in [3.05, 3.63) is 23.4 Å². The van der Waals surface area contributed by atoms with Gasteiger partial charge >= 0.3 is 0 Å². The molecule has 12 heavy (non-hydrogen) atoms. The lowest BCUT2D eigenvalue weighted by Crippen LogP contribution is -2.22. The first kappa shape index (κ1) is 9.04. The van der Waals surface area contributed by atoms with Crippen molar-refractivity contribution in [2.45, 2.75) is 33.1 Å². The summed E-state index contributed by atoms with van der Waals surface area (Å²) in [5.74, 6) is 0.0394. The average Bonchev–Trinajstić information content (AvgIpc) is 2.33. The second-order valence-corrected chi connectivity index (χ2v) is 3.35. The van der Waals surface area contributed by atoms with Crippen LogP contribution in [0.2, 0.25) is 0 Å². The van der Waals surface area contributed by atoms with Gasteiger partial charge in [0.05, 0.1) is 0 Å². The Balaban J connectivity index is 2.64. The Morgan fingerprint density at radius 1 is 1.50 bits per heavy atom. The lowest BCUT2D eigenvalue weighted by Gasteiger charge is -2.04. The third kappa shape index (κ3) is 1.97. The van der Waals surface area contributed by atoms with Crippen molar-refractivity contribution >= 4 is 5.91 Å².